The normalized spacial score (nSPS) is 37.0. The van der Waals surface area contributed by atoms with Crippen LogP contribution in [0.25, 0.3) is 0 Å². The third-order valence-electron chi connectivity index (χ3n) is 4.20. The summed E-state index contributed by atoms with van der Waals surface area (Å²) in [7, 11) is 2.20. The molecule has 3 heteroatoms. The highest BCUT2D eigenvalue weighted by Crippen LogP contribution is 2.40. The lowest BCUT2D eigenvalue weighted by Crippen LogP contribution is -2.59. The lowest BCUT2D eigenvalue weighted by molar-refractivity contribution is -0.171. The molecule has 1 spiro atoms. The van der Waals surface area contributed by atoms with E-state index in [2.05, 4.69) is 17.3 Å². The number of nitrogens with one attached hydrogen (secondary N) is 1. The van der Waals surface area contributed by atoms with Gasteiger partial charge >= 0.3 is 0 Å². The molecular formula is C12H22N2O. The van der Waals surface area contributed by atoms with Gasteiger partial charge in [0.2, 0.25) is 0 Å². The lowest BCUT2D eigenvalue weighted by atomic mass is 9.96. The number of hydrogen-bond acceptors (Lipinski definition) is 3. The SMILES string of the molecule is CN1CCC2(CC1)NCCC(C1CC1)O2. The smallest absolute Gasteiger partial charge is 0.122 e. The highest BCUT2D eigenvalue weighted by atomic mass is 16.5. The highest BCUT2D eigenvalue weighted by molar-refractivity contribution is 4.93. The van der Waals surface area contributed by atoms with Gasteiger partial charge in [0.15, 0.2) is 0 Å². The fourth-order valence-electron chi connectivity index (χ4n) is 2.91. The van der Waals surface area contributed by atoms with Gasteiger partial charge in [-0.3, -0.25) is 5.32 Å². The van der Waals surface area contributed by atoms with Gasteiger partial charge in [-0.2, -0.15) is 0 Å². The molecule has 1 atom stereocenters. The number of likely N-dealkylation sites (tertiary alicyclic amines) is 1. The third-order valence-corrected chi connectivity index (χ3v) is 4.20. The molecule has 0 aromatic rings. The van der Waals surface area contributed by atoms with Gasteiger partial charge in [0.25, 0.3) is 0 Å². The zero-order valence-corrected chi connectivity index (χ0v) is 9.67. The van der Waals surface area contributed by atoms with Gasteiger partial charge in [-0.25, -0.2) is 0 Å². The van der Waals surface area contributed by atoms with Crippen LogP contribution in [0, 0.1) is 5.92 Å². The second kappa shape index (κ2) is 3.72. The minimum absolute atomic E-state index is 0.0397. The molecule has 86 valence electrons. The molecule has 3 aliphatic rings. The summed E-state index contributed by atoms with van der Waals surface area (Å²) in [6.07, 6.45) is 6.91. The van der Waals surface area contributed by atoms with Gasteiger partial charge in [-0.1, -0.05) is 0 Å². The summed E-state index contributed by atoms with van der Waals surface area (Å²) in [6.45, 7) is 3.50. The largest absolute Gasteiger partial charge is 0.357 e. The molecule has 0 bridgehead atoms. The second-order valence-electron chi connectivity index (χ2n) is 5.51. The molecular weight excluding hydrogens is 188 g/mol. The van der Waals surface area contributed by atoms with Crippen LogP contribution in [0.2, 0.25) is 0 Å². The molecule has 1 unspecified atom stereocenters. The Morgan fingerprint density at radius 3 is 2.60 bits per heavy atom. The van der Waals surface area contributed by atoms with E-state index in [9.17, 15) is 0 Å². The summed E-state index contributed by atoms with van der Waals surface area (Å²) in [5.74, 6) is 0.892. The van der Waals surface area contributed by atoms with Crippen molar-refractivity contribution in [3.05, 3.63) is 0 Å². The van der Waals surface area contributed by atoms with Crippen LogP contribution in [-0.4, -0.2) is 43.4 Å². The molecule has 2 heterocycles. The molecule has 0 radical (unpaired) electrons. The third kappa shape index (κ3) is 2.05. The van der Waals surface area contributed by atoms with Gasteiger partial charge in [-0.15, -0.1) is 0 Å². The Bertz CT molecular complexity index is 232. The standard InChI is InChI=1S/C12H22N2O/c1-14-8-5-12(6-9-14)13-7-4-11(15-12)10-2-3-10/h10-11,13H,2-9H2,1H3. The maximum Gasteiger partial charge on any atom is 0.122 e. The van der Waals surface area contributed by atoms with Crippen LogP contribution in [0.5, 0.6) is 0 Å². The van der Waals surface area contributed by atoms with Gasteiger partial charge in [0.1, 0.15) is 5.72 Å². The summed E-state index contributed by atoms with van der Waals surface area (Å²) in [5.41, 5.74) is 0.0397. The van der Waals surface area contributed by atoms with Crippen molar-refractivity contribution in [3.8, 4) is 0 Å². The summed E-state index contributed by atoms with van der Waals surface area (Å²) in [5, 5.41) is 3.62. The van der Waals surface area contributed by atoms with E-state index in [0.717, 1.165) is 25.3 Å². The Kier molecular flexibility index (Phi) is 2.49. The fraction of sp³-hybridized carbons (Fsp3) is 1.00. The number of hydrogen-bond donors (Lipinski definition) is 1. The first kappa shape index (κ1) is 10.1. The average Bonchev–Trinajstić information content (AvgIpc) is 3.07. The Hall–Kier alpha value is -0.120. The van der Waals surface area contributed by atoms with Crippen molar-refractivity contribution < 1.29 is 4.74 Å². The van der Waals surface area contributed by atoms with E-state index in [1.165, 1.54) is 32.4 Å². The van der Waals surface area contributed by atoms with Crippen LogP contribution < -0.4 is 5.32 Å². The summed E-state index contributed by atoms with van der Waals surface area (Å²) in [6, 6.07) is 0. The van der Waals surface area contributed by atoms with Crippen LogP contribution in [0.15, 0.2) is 0 Å². The summed E-state index contributed by atoms with van der Waals surface area (Å²) >= 11 is 0. The molecule has 3 rings (SSSR count). The van der Waals surface area contributed by atoms with Crippen molar-refractivity contribution in [1.82, 2.24) is 10.2 Å². The van der Waals surface area contributed by atoms with Crippen molar-refractivity contribution in [2.75, 3.05) is 26.7 Å². The Morgan fingerprint density at radius 2 is 1.93 bits per heavy atom. The minimum atomic E-state index is 0.0397. The molecule has 15 heavy (non-hydrogen) atoms. The van der Waals surface area contributed by atoms with Crippen LogP contribution in [0.4, 0.5) is 0 Å². The predicted molar refractivity (Wildman–Crippen MR) is 59.7 cm³/mol. The van der Waals surface area contributed by atoms with Crippen LogP contribution >= 0.6 is 0 Å². The van der Waals surface area contributed by atoms with E-state index in [1.807, 2.05) is 0 Å². The van der Waals surface area contributed by atoms with E-state index in [-0.39, 0.29) is 5.72 Å². The van der Waals surface area contributed by atoms with Gasteiger partial charge < -0.3 is 9.64 Å². The van der Waals surface area contributed by atoms with E-state index in [0.29, 0.717) is 6.10 Å². The molecule has 1 N–H and O–H groups in total. The summed E-state index contributed by atoms with van der Waals surface area (Å²) in [4.78, 5) is 2.40. The molecule has 1 aliphatic carbocycles. The number of piperidine rings is 1. The zero-order valence-electron chi connectivity index (χ0n) is 9.67. The van der Waals surface area contributed by atoms with Crippen molar-refractivity contribution in [1.29, 1.82) is 0 Å². The van der Waals surface area contributed by atoms with E-state index in [4.69, 9.17) is 4.74 Å². The quantitative estimate of drug-likeness (QED) is 0.704. The van der Waals surface area contributed by atoms with Gasteiger partial charge in [0, 0.05) is 32.5 Å². The minimum Gasteiger partial charge on any atom is -0.357 e. The van der Waals surface area contributed by atoms with Crippen LogP contribution in [-0.2, 0) is 4.74 Å². The van der Waals surface area contributed by atoms with Crippen molar-refractivity contribution in [2.45, 2.75) is 43.9 Å². The molecule has 1 saturated carbocycles. The van der Waals surface area contributed by atoms with Crippen molar-refractivity contribution in [3.63, 3.8) is 0 Å². The number of rotatable bonds is 1. The summed E-state index contributed by atoms with van der Waals surface area (Å²) < 4.78 is 6.35. The Labute approximate surface area is 92.2 Å². The first-order chi connectivity index (χ1) is 7.27. The second-order valence-corrected chi connectivity index (χ2v) is 5.51. The van der Waals surface area contributed by atoms with Crippen molar-refractivity contribution >= 4 is 0 Å². The lowest BCUT2D eigenvalue weighted by Gasteiger charge is -2.46. The maximum atomic E-state index is 6.35. The number of ether oxygens (including phenoxy) is 1. The van der Waals surface area contributed by atoms with Crippen molar-refractivity contribution in [2.24, 2.45) is 5.92 Å². The zero-order chi connectivity index (χ0) is 10.3. The number of nitrogens with zero attached hydrogens (tertiary/aromatic N) is 1. The monoisotopic (exact) mass is 210 g/mol. The van der Waals surface area contributed by atoms with E-state index >= 15 is 0 Å². The molecule has 0 amide bonds. The molecule has 3 fully saturated rings. The van der Waals surface area contributed by atoms with Crippen LogP contribution in [0.3, 0.4) is 0 Å². The molecule has 3 nitrogen and oxygen atoms in total. The Balaban J connectivity index is 1.64. The first-order valence-electron chi connectivity index (χ1n) is 6.39. The maximum absolute atomic E-state index is 6.35. The van der Waals surface area contributed by atoms with E-state index < -0.39 is 0 Å². The Morgan fingerprint density at radius 1 is 1.20 bits per heavy atom. The molecule has 0 aromatic heterocycles. The topological polar surface area (TPSA) is 24.5 Å². The highest BCUT2D eigenvalue weighted by Gasteiger charge is 2.43. The van der Waals surface area contributed by atoms with Gasteiger partial charge in [0.05, 0.1) is 6.10 Å². The average molecular weight is 210 g/mol. The molecule has 2 saturated heterocycles. The predicted octanol–water partition coefficient (Wildman–Crippen LogP) is 1.20. The molecule has 0 aromatic carbocycles. The van der Waals surface area contributed by atoms with Crippen LogP contribution in [0.1, 0.15) is 32.1 Å². The molecule has 2 aliphatic heterocycles. The fourth-order valence-corrected chi connectivity index (χ4v) is 2.91. The van der Waals surface area contributed by atoms with Gasteiger partial charge in [-0.05, 0) is 32.2 Å². The van der Waals surface area contributed by atoms with E-state index in [1.54, 1.807) is 0 Å². The first-order valence-corrected chi connectivity index (χ1v) is 6.39.